The molecule has 41 heavy (non-hydrogen) atoms. The Bertz CT molecular complexity index is 1290. The summed E-state index contributed by atoms with van der Waals surface area (Å²) >= 11 is 10.9. The summed E-state index contributed by atoms with van der Waals surface area (Å²) in [5.74, 6) is 1.69. The van der Waals surface area contributed by atoms with E-state index in [9.17, 15) is 13.2 Å². The molecule has 13 heteroatoms. The molecule has 1 amide bonds. The molecule has 0 fully saturated rings. The second-order valence-electron chi connectivity index (χ2n) is 9.24. The number of benzene rings is 2. The van der Waals surface area contributed by atoms with E-state index in [2.05, 4.69) is 15.4 Å². The normalized spacial score (nSPS) is 11.3. The van der Waals surface area contributed by atoms with Gasteiger partial charge in [0.15, 0.2) is 0 Å². The summed E-state index contributed by atoms with van der Waals surface area (Å²) in [7, 11) is -3.78. The molecule has 0 unspecified atom stereocenters. The maximum atomic E-state index is 11.9. The van der Waals surface area contributed by atoms with Crippen molar-refractivity contribution >= 4 is 41.2 Å². The van der Waals surface area contributed by atoms with Gasteiger partial charge >= 0.3 is 22.4 Å². The number of hydrogen-bond donors (Lipinski definition) is 1. The van der Waals surface area contributed by atoms with Crippen LogP contribution in [0.3, 0.4) is 0 Å². The van der Waals surface area contributed by atoms with Gasteiger partial charge in [-0.05, 0) is 43.6 Å². The van der Waals surface area contributed by atoms with Gasteiger partial charge < -0.3 is 39.9 Å². The number of aryl methyl sites for hydroxylation is 1. The van der Waals surface area contributed by atoms with Gasteiger partial charge in [-0.3, -0.25) is 4.90 Å². The van der Waals surface area contributed by atoms with Gasteiger partial charge in [-0.25, -0.2) is 13.6 Å². The third kappa shape index (κ3) is 12.1. The molecule has 0 spiro atoms. The average molecular weight is 702 g/mol. The molecule has 0 bridgehead atoms. The van der Waals surface area contributed by atoms with Gasteiger partial charge in [0.25, 0.3) is 0 Å². The molecule has 2 aromatic carbocycles. The second kappa shape index (κ2) is 19.4. The Kier molecular flexibility index (Phi) is 16.7. The minimum atomic E-state index is -3.78. The second-order valence-corrected chi connectivity index (χ2v) is 11.6. The van der Waals surface area contributed by atoms with Crippen LogP contribution in [0.25, 0.3) is 27.7 Å². The number of nitrogens with zero attached hydrogens (tertiary/aromatic N) is 3. The Hall–Kier alpha value is -1.86. The van der Waals surface area contributed by atoms with E-state index >= 15 is 0 Å². The fourth-order valence-corrected chi connectivity index (χ4v) is 5.22. The van der Waals surface area contributed by atoms with Crippen LogP contribution in [0.2, 0.25) is 0 Å². The van der Waals surface area contributed by atoms with E-state index in [1.54, 1.807) is 12.1 Å². The summed E-state index contributed by atoms with van der Waals surface area (Å²) in [6.07, 6.45) is 5.78. The molecule has 0 radical (unpaired) electrons. The van der Waals surface area contributed by atoms with Gasteiger partial charge in [0.2, 0.25) is 10.0 Å². The predicted molar refractivity (Wildman–Crippen MR) is 160 cm³/mol. The Morgan fingerprint density at radius 1 is 0.902 bits per heavy atom. The van der Waals surface area contributed by atoms with Crippen LogP contribution >= 0.6 is 0 Å². The number of unbranched alkanes of at least 4 members (excludes halogenated alkanes) is 4. The number of hydrogen-bond acceptors (Lipinski definition) is 9. The van der Waals surface area contributed by atoms with Gasteiger partial charge in [-0.15, -0.1) is 0 Å². The molecule has 0 atom stereocenters. The molecule has 3 rings (SSSR count). The van der Waals surface area contributed by atoms with E-state index in [4.69, 9.17) is 38.4 Å². The van der Waals surface area contributed by atoms with E-state index in [0.717, 1.165) is 85.6 Å². The van der Waals surface area contributed by atoms with Crippen molar-refractivity contribution in [2.24, 2.45) is 5.14 Å². The molecule has 1 heterocycles. The Morgan fingerprint density at radius 2 is 1.56 bits per heavy atom. The summed E-state index contributed by atoms with van der Waals surface area (Å²) < 4.78 is 37.4. The van der Waals surface area contributed by atoms with Crippen LogP contribution in [0.15, 0.2) is 64.0 Å². The maximum absolute atomic E-state index is 11.9. The number of rotatable bonds is 17. The van der Waals surface area contributed by atoms with Crippen LogP contribution < -0.4 is 5.14 Å². The summed E-state index contributed by atoms with van der Waals surface area (Å²) in [5.41, 5.74) is 3.35. The van der Waals surface area contributed by atoms with Crippen LogP contribution in [-0.2, 0) is 68.9 Å². The predicted octanol–water partition coefficient (Wildman–Crippen LogP) is 4.32. The van der Waals surface area contributed by atoms with Gasteiger partial charge in [-0.2, -0.15) is 18.1 Å². The molecule has 221 valence electrons. The van der Waals surface area contributed by atoms with Crippen molar-refractivity contribution in [2.75, 3.05) is 37.7 Å². The number of carbonyl (C=O) groups excluding carboxylic acids is 1. The van der Waals surface area contributed by atoms with Gasteiger partial charge in [-0.1, -0.05) is 66.9 Å². The Labute approximate surface area is 264 Å². The van der Waals surface area contributed by atoms with E-state index < -0.39 is 10.0 Å². The standard InChI is InChI=1S/C28H38N4O4S3.O.Tc/c29-39(34,35)24-14-12-22(13-15-24)27-25(36-31-28(27)23-9-5-4-6-10-23)11-7-2-1-3-8-17-32(18-20-38)21-26(33)30-16-19-37;;/h4-6,9-10,12-15H,1-3,7-8,11,16-21H2,(H5,29,30,33,34,35,37,38);;/q;;+4/p-3. The minimum absolute atomic E-state index is 0.0620. The molecular weight excluding hydrogens is 667 g/mol. The first-order valence-corrected chi connectivity index (χ1v) is 16.7. The fourth-order valence-electron chi connectivity index (χ4n) is 4.36. The monoisotopic (exact) mass is 700 g/mol. The molecule has 0 saturated heterocycles. The number of nitrogens with two attached hydrogens (primary N) is 1. The SMILES string of the molecule is NS(=O)(=O)c1ccc(-c2c(-c3ccccc3)noc2CCCCCCCN(CC[S-])CC(=O)[N-]CC[S-])cc1.[O]=[Tc+4]. The topological polar surface area (TPSA) is 138 Å². The van der Waals surface area contributed by atoms with Crippen LogP contribution in [0.1, 0.15) is 37.9 Å². The van der Waals surface area contributed by atoms with E-state index in [-0.39, 0.29) is 10.8 Å². The first-order chi connectivity index (χ1) is 19.8. The first kappa shape index (κ1) is 35.3. The van der Waals surface area contributed by atoms with Gasteiger partial charge in [0.1, 0.15) is 11.5 Å². The van der Waals surface area contributed by atoms with Crippen LogP contribution in [-0.4, -0.2) is 62.1 Å². The number of sulfonamides is 1. The van der Waals surface area contributed by atoms with E-state index in [1.807, 2.05) is 30.3 Å². The van der Waals surface area contributed by atoms with Crippen molar-refractivity contribution in [3.05, 3.63) is 65.7 Å². The zero-order chi connectivity index (χ0) is 30.1. The first-order valence-electron chi connectivity index (χ1n) is 13.2. The molecule has 1 aromatic heterocycles. The molecule has 9 nitrogen and oxygen atoms in total. The third-order valence-electron chi connectivity index (χ3n) is 6.31. The van der Waals surface area contributed by atoms with Crippen LogP contribution in [0, 0.1) is 0 Å². The summed E-state index contributed by atoms with van der Waals surface area (Å²) in [4.78, 5) is 14.1. The summed E-state index contributed by atoms with van der Waals surface area (Å²) in [6.45, 7) is 2.24. The summed E-state index contributed by atoms with van der Waals surface area (Å²) in [5, 5.41) is 13.6. The van der Waals surface area contributed by atoms with Gasteiger partial charge in [0, 0.05) is 18.5 Å². The molecule has 0 aliphatic carbocycles. The molecule has 0 aliphatic rings. The van der Waals surface area contributed by atoms with Crippen molar-refractivity contribution in [3.63, 3.8) is 0 Å². The van der Waals surface area contributed by atoms with Crippen LogP contribution in [0.5, 0.6) is 0 Å². The number of carbonyl (C=O) groups is 1. The zero-order valence-electron chi connectivity index (χ0n) is 22.7. The van der Waals surface area contributed by atoms with Crippen LogP contribution in [0.4, 0.5) is 0 Å². The average Bonchev–Trinajstić information content (AvgIpc) is 3.40. The van der Waals surface area contributed by atoms with Crippen molar-refractivity contribution in [2.45, 2.75) is 43.4 Å². The molecular formula is C28H35N4O5S3Tc+. The Morgan fingerprint density at radius 3 is 2.20 bits per heavy atom. The molecule has 2 N–H and O–H groups in total. The quantitative estimate of drug-likeness (QED) is 0.161. The van der Waals surface area contributed by atoms with Crippen molar-refractivity contribution in [1.82, 2.24) is 10.1 Å². The van der Waals surface area contributed by atoms with E-state index in [1.165, 1.54) is 12.1 Å². The zero-order valence-corrected chi connectivity index (χ0v) is 27.1. The fraction of sp³-hybridized carbons (Fsp3) is 0.429. The number of primary sulfonamides is 1. The van der Waals surface area contributed by atoms with Gasteiger partial charge in [0.05, 0.1) is 16.4 Å². The van der Waals surface area contributed by atoms with E-state index in [0.29, 0.717) is 37.6 Å². The third-order valence-corrected chi connectivity index (χ3v) is 7.60. The van der Waals surface area contributed by atoms with Crippen molar-refractivity contribution in [1.29, 1.82) is 0 Å². The van der Waals surface area contributed by atoms with Crippen molar-refractivity contribution in [3.8, 4) is 22.4 Å². The Balaban J connectivity index is 0.00000287. The molecule has 3 aromatic rings. The van der Waals surface area contributed by atoms with Crippen molar-refractivity contribution < 1.29 is 40.1 Å². The summed E-state index contributed by atoms with van der Waals surface area (Å²) in [6, 6.07) is 16.3. The molecule has 0 aliphatic heterocycles. The number of amides is 1. The number of aromatic nitrogens is 1. The molecule has 0 saturated carbocycles.